The molecule has 5 nitrogen and oxygen atoms in total. The molecule has 0 spiro atoms. The van der Waals surface area contributed by atoms with E-state index < -0.39 is 21.8 Å². The molecule has 2 rings (SSSR count). The van der Waals surface area contributed by atoms with Crippen LogP contribution in [0.4, 0.5) is 18.9 Å². The van der Waals surface area contributed by atoms with Crippen molar-refractivity contribution in [3.63, 3.8) is 0 Å². The second-order valence-corrected chi connectivity index (χ2v) is 7.91. The van der Waals surface area contributed by atoms with Crippen molar-refractivity contribution in [2.45, 2.75) is 24.9 Å². The lowest BCUT2D eigenvalue weighted by molar-refractivity contribution is -0.137. The number of carbonyl (C=O) groups is 1. The van der Waals surface area contributed by atoms with Crippen LogP contribution in [-0.4, -0.2) is 38.1 Å². The van der Waals surface area contributed by atoms with Crippen molar-refractivity contribution in [3.8, 4) is 0 Å². The van der Waals surface area contributed by atoms with Gasteiger partial charge in [0.2, 0.25) is 10.0 Å². The summed E-state index contributed by atoms with van der Waals surface area (Å²) in [6, 6.07) is 10.1. The predicted octanol–water partition coefficient (Wildman–Crippen LogP) is 4.03. The molecule has 0 heterocycles. The number of alkyl halides is 3. The number of sulfonamides is 1. The molecule has 0 aliphatic carbocycles. The average molecular weight is 414 g/mol. The van der Waals surface area contributed by atoms with E-state index in [0.717, 1.165) is 12.1 Å². The molecule has 28 heavy (non-hydrogen) atoms. The minimum absolute atomic E-state index is 0.0820. The van der Waals surface area contributed by atoms with Crippen LogP contribution in [0.5, 0.6) is 0 Å². The molecule has 0 atom stereocenters. The van der Waals surface area contributed by atoms with Gasteiger partial charge < -0.3 is 5.32 Å². The smallest absolute Gasteiger partial charge is 0.378 e. The lowest BCUT2D eigenvalue weighted by Crippen LogP contribution is -2.30. The highest BCUT2D eigenvalue weighted by atomic mass is 32.2. The van der Waals surface area contributed by atoms with Gasteiger partial charge in [-0.05, 0) is 42.5 Å². The number of carbonyl (C=O) groups excluding carboxylic acids is 1. The van der Waals surface area contributed by atoms with Crippen LogP contribution in [0.25, 0.3) is 0 Å². The van der Waals surface area contributed by atoms with Gasteiger partial charge in [-0.25, -0.2) is 8.42 Å². The monoisotopic (exact) mass is 414 g/mol. The molecule has 9 heteroatoms. The summed E-state index contributed by atoms with van der Waals surface area (Å²) in [5, 5.41) is 2.66. The normalized spacial score (nSPS) is 12.2. The first-order chi connectivity index (χ1) is 13.1. The molecule has 152 valence electrons. The number of hydrogen-bond donors (Lipinski definition) is 1. The van der Waals surface area contributed by atoms with Crippen molar-refractivity contribution in [2.24, 2.45) is 0 Å². The number of halogens is 3. The second kappa shape index (κ2) is 8.74. The number of nitrogens with one attached hydrogen (secondary N) is 1. The van der Waals surface area contributed by atoms with Crippen LogP contribution in [0, 0.1) is 0 Å². The number of anilines is 1. The average Bonchev–Trinajstić information content (AvgIpc) is 2.66. The molecule has 0 saturated carbocycles. The van der Waals surface area contributed by atoms with Gasteiger partial charge in [0.25, 0.3) is 0 Å². The Morgan fingerprint density at radius 1 is 1.04 bits per heavy atom. The highest BCUT2D eigenvalue weighted by Crippen LogP contribution is 2.30. The fraction of sp³-hybridized carbons (Fsp3) is 0.316. The molecule has 2 aromatic carbocycles. The molecule has 0 amide bonds. The summed E-state index contributed by atoms with van der Waals surface area (Å²) < 4.78 is 64.4. The molecule has 0 saturated heterocycles. The van der Waals surface area contributed by atoms with Crippen LogP contribution in [0.2, 0.25) is 0 Å². The SMILES string of the molecule is CCN(CC)S(=O)(=O)c1ccc(C(=O)CNc2cccc(C(F)(F)F)c2)cc1. The maximum atomic E-state index is 12.7. The van der Waals surface area contributed by atoms with Crippen LogP contribution in [0.15, 0.2) is 53.4 Å². The molecular weight excluding hydrogens is 393 g/mol. The number of Topliss-reactive ketones (excluding diaryl/α,β-unsaturated/α-hetero) is 1. The second-order valence-electron chi connectivity index (χ2n) is 5.97. The zero-order valence-electron chi connectivity index (χ0n) is 15.5. The first-order valence-corrected chi connectivity index (χ1v) is 10.1. The number of rotatable bonds is 8. The van der Waals surface area contributed by atoms with Crippen molar-refractivity contribution in [2.75, 3.05) is 25.0 Å². The molecule has 0 unspecified atom stereocenters. The Morgan fingerprint density at radius 3 is 2.18 bits per heavy atom. The van der Waals surface area contributed by atoms with Crippen molar-refractivity contribution in [3.05, 3.63) is 59.7 Å². The van der Waals surface area contributed by atoms with Crippen LogP contribution in [0.3, 0.4) is 0 Å². The predicted molar refractivity (Wildman–Crippen MR) is 101 cm³/mol. The molecular formula is C19H21F3N2O3S. The summed E-state index contributed by atoms with van der Waals surface area (Å²) in [5.41, 5.74) is -0.377. The molecule has 0 aliphatic rings. The molecule has 1 N–H and O–H groups in total. The van der Waals surface area contributed by atoms with Crippen LogP contribution in [0.1, 0.15) is 29.8 Å². The maximum absolute atomic E-state index is 12.7. The summed E-state index contributed by atoms with van der Waals surface area (Å²) >= 11 is 0. The van der Waals surface area contributed by atoms with Gasteiger partial charge in [0, 0.05) is 24.3 Å². The molecule has 0 radical (unpaired) electrons. The van der Waals surface area contributed by atoms with Crippen molar-refractivity contribution in [1.82, 2.24) is 4.31 Å². The van der Waals surface area contributed by atoms with Crippen molar-refractivity contribution < 1.29 is 26.4 Å². The Hall–Kier alpha value is -2.39. The molecule has 2 aromatic rings. The summed E-state index contributed by atoms with van der Waals surface area (Å²) in [6.45, 7) is 3.92. The van der Waals surface area contributed by atoms with Gasteiger partial charge in [-0.1, -0.05) is 19.9 Å². The maximum Gasteiger partial charge on any atom is 0.416 e. The third-order valence-corrected chi connectivity index (χ3v) is 6.23. The molecule has 0 fully saturated rings. The highest BCUT2D eigenvalue weighted by Gasteiger charge is 2.30. The van der Waals surface area contributed by atoms with Gasteiger partial charge in [-0.2, -0.15) is 17.5 Å². The van der Waals surface area contributed by atoms with Gasteiger partial charge in [0.15, 0.2) is 5.78 Å². The first-order valence-electron chi connectivity index (χ1n) is 8.64. The lowest BCUT2D eigenvalue weighted by atomic mass is 10.1. The fourth-order valence-electron chi connectivity index (χ4n) is 2.62. The van der Waals surface area contributed by atoms with E-state index in [1.807, 2.05) is 0 Å². The van der Waals surface area contributed by atoms with E-state index in [-0.39, 0.29) is 28.5 Å². The topological polar surface area (TPSA) is 66.5 Å². The molecule has 0 bridgehead atoms. The minimum atomic E-state index is -4.46. The third kappa shape index (κ3) is 5.11. The Bertz CT molecular complexity index is 922. The summed E-state index contributed by atoms with van der Waals surface area (Å²) in [4.78, 5) is 12.3. The van der Waals surface area contributed by atoms with E-state index in [4.69, 9.17) is 0 Å². The van der Waals surface area contributed by atoms with Crippen molar-refractivity contribution >= 4 is 21.5 Å². The van der Waals surface area contributed by atoms with Crippen molar-refractivity contribution in [1.29, 1.82) is 0 Å². The number of benzene rings is 2. The van der Waals surface area contributed by atoms with Gasteiger partial charge in [-0.3, -0.25) is 4.79 Å². The first kappa shape index (κ1) is 21.9. The highest BCUT2D eigenvalue weighted by molar-refractivity contribution is 7.89. The zero-order chi connectivity index (χ0) is 20.9. The quantitative estimate of drug-likeness (QED) is 0.663. The Kier molecular flexibility index (Phi) is 6.84. The van der Waals surface area contributed by atoms with Gasteiger partial charge in [0.05, 0.1) is 17.0 Å². The lowest BCUT2D eigenvalue weighted by Gasteiger charge is -2.18. The molecule has 0 aliphatic heterocycles. The van der Waals surface area contributed by atoms with Crippen LogP contribution >= 0.6 is 0 Å². The van der Waals surface area contributed by atoms with Gasteiger partial charge >= 0.3 is 6.18 Å². The summed E-state index contributed by atoms with van der Waals surface area (Å²) in [5.74, 6) is -0.371. The summed E-state index contributed by atoms with van der Waals surface area (Å²) in [7, 11) is -3.62. The Balaban J connectivity index is 2.08. The van der Waals surface area contributed by atoms with Crippen LogP contribution in [-0.2, 0) is 16.2 Å². The Morgan fingerprint density at radius 2 is 1.64 bits per heavy atom. The van der Waals surface area contributed by atoms with E-state index in [1.165, 1.54) is 40.7 Å². The number of hydrogen-bond acceptors (Lipinski definition) is 4. The number of ketones is 1. The third-order valence-electron chi connectivity index (χ3n) is 4.16. The van der Waals surface area contributed by atoms with E-state index >= 15 is 0 Å². The Labute approximate surface area is 162 Å². The molecule has 0 aromatic heterocycles. The van der Waals surface area contributed by atoms with E-state index in [1.54, 1.807) is 13.8 Å². The van der Waals surface area contributed by atoms with E-state index in [9.17, 15) is 26.4 Å². The largest absolute Gasteiger partial charge is 0.416 e. The van der Waals surface area contributed by atoms with Crippen LogP contribution < -0.4 is 5.32 Å². The summed E-state index contributed by atoms with van der Waals surface area (Å²) in [6.07, 6.45) is -4.46. The minimum Gasteiger partial charge on any atom is -0.378 e. The van der Waals surface area contributed by atoms with E-state index in [2.05, 4.69) is 5.32 Å². The fourth-order valence-corrected chi connectivity index (χ4v) is 4.07. The number of nitrogens with zero attached hydrogens (tertiary/aromatic N) is 1. The van der Waals surface area contributed by atoms with Gasteiger partial charge in [0.1, 0.15) is 0 Å². The van der Waals surface area contributed by atoms with E-state index in [0.29, 0.717) is 13.1 Å². The zero-order valence-corrected chi connectivity index (χ0v) is 16.3. The standard InChI is InChI=1S/C19H21F3N2O3S/c1-3-24(4-2)28(26,27)17-10-8-14(9-11-17)18(25)13-23-16-7-5-6-15(12-16)19(20,21)22/h5-12,23H,3-4,13H2,1-2H3. The van der Waals surface area contributed by atoms with Gasteiger partial charge in [-0.15, -0.1) is 0 Å².